The average molecular weight is 236 g/mol. The van der Waals surface area contributed by atoms with Crippen LogP contribution in [0, 0.1) is 0 Å². The average Bonchev–Trinajstić information content (AvgIpc) is 2.86. The van der Waals surface area contributed by atoms with Gasteiger partial charge in [0.25, 0.3) is 0 Å². The summed E-state index contributed by atoms with van der Waals surface area (Å²) >= 11 is 0. The number of aromatic nitrogens is 4. The Hall–Kier alpha value is -1.57. The molecule has 2 aromatic rings. The fourth-order valence-corrected chi connectivity index (χ4v) is 1.99. The summed E-state index contributed by atoms with van der Waals surface area (Å²) in [5.41, 5.74) is 1.19. The zero-order chi connectivity index (χ0) is 12.0. The Balaban J connectivity index is 1.99. The minimum Gasteiger partial charge on any atom is -0.388 e. The number of hydrogen-bond acceptors (Lipinski definition) is 6. The lowest BCUT2D eigenvalue weighted by Crippen LogP contribution is -2.28. The van der Waals surface area contributed by atoms with Gasteiger partial charge in [-0.05, 0) is 6.92 Å². The molecule has 0 aromatic carbocycles. The molecule has 2 aromatic heterocycles. The number of aromatic amines is 1. The number of H-pyrrole nitrogens is 1. The van der Waals surface area contributed by atoms with Crippen LogP contribution >= 0.6 is 0 Å². The van der Waals surface area contributed by atoms with Crippen LogP contribution in [0.4, 0.5) is 0 Å². The van der Waals surface area contributed by atoms with Crippen LogP contribution in [-0.2, 0) is 4.74 Å². The lowest BCUT2D eigenvalue weighted by molar-refractivity contribution is 0.0103. The standard InChI is InChI=1S/C10H12N4O3/c1-4-6(15)7(16)8(17-4)10-13-5-2-11-3-12-9(5)14-10/h2-4,6-8,15-16H,1H3,(H,11,12,13,14)/t4-,6-,7-,8?/m1/s1. The Morgan fingerprint density at radius 1 is 1.35 bits per heavy atom. The molecule has 3 rings (SSSR count). The van der Waals surface area contributed by atoms with E-state index in [1.54, 1.807) is 13.1 Å². The first-order valence-corrected chi connectivity index (χ1v) is 5.34. The molecular formula is C10H12N4O3. The van der Waals surface area contributed by atoms with E-state index in [0.717, 1.165) is 0 Å². The van der Waals surface area contributed by atoms with Crippen LogP contribution in [0.1, 0.15) is 18.9 Å². The number of nitrogens with one attached hydrogen (secondary N) is 1. The molecule has 7 nitrogen and oxygen atoms in total. The summed E-state index contributed by atoms with van der Waals surface area (Å²) in [4.78, 5) is 15.0. The maximum atomic E-state index is 9.84. The van der Waals surface area contributed by atoms with Crippen LogP contribution in [0.15, 0.2) is 12.5 Å². The molecular weight excluding hydrogens is 224 g/mol. The van der Waals surface area contributed by atoms with E-state index in [0.29, 0.717) is 17.0 Å². The van der Waals surface area contributed by atoms with Gasteiger partial charge in [-0.3, -0.25) is 0 Å². The Morgan fingerprint density at radius 3 is 2.82 bits per heavy atom. The Bertz CT molecular complexity index is 510. The largest absolute Gasteiger partial charge is 0.388 e. The summed E-state index contributed by atoms with van der Waals surface area (Å²) in [6, 6.07) is 0. The van der Waals surface area contributed by atoms with Crippen molar-refractivity contribution in [2.24, 2.45) is 0 Å². The summed E-state index contributed by atoms with van der Waals surface area (Å²) in [6.07, 6.45) is 0.0254. The molecule has 3 N–H and O–H groups in total. The van der Waals surface area contributed by atoms with Gasteiger partial charge in [-0.25, -0.2) is 15.0 Å². The summed E-state index contributed by atoms with van der Waals surface area (Å²) in [5, 5.41) is 19.5. The van der Waals surface area contributed by atoms with Crippen LogP contribution < -0.4 is 0 Å². The summed E-state index contributed by atoms with van der Waals surface area (Å²) < 4.78 is 5.46. The molecule has 0 spiro atoms. The predicted octanol–water partition coefficient (Wildman–Crippen LogP) is -0.466. The van der Waals surface area contributed by atoms with E-state index in [1.807, 2.05) is 0 Å². The first-order chi connectivity index (χ1) is 8.16. The predicted molar refractivity (Wildman–Crippen MR) is 57.0 cm³/mol. The molecule has 17 heavy (non-hydrogen) atoms. The zero-order valence-corrected chi connectivity index (χ0v) is 9.11. The zero-order valence-electron chi connectivity index (χ0n) is 9.11. The topological polar surface area (TPSA) is 104 Å². The maximum absolute atomic E-state index is 9.84. The van der Waals surface area contributed by atoms with Crippen molar-refractivity contribution in [2.45, 2.75) is 31.3 Å². The number of ether oxygens (including phenoxy) is 1. The molecule has 0 bridgehead atoms. The molecule has 7 heteroatoms. The molecule has 0 saturated carbocycles. The van der Waals surface area contributed by atoms with Gasteiger partial charge >= 0.3 is 0 Å². The van der Waals surface area contributed by atoms with E-state index in [2.05, 4.69) is 19.9 Å². The highest BCUT2D eigenvalue weighted by Crippen LogP contribution is 2.32. The third-order valence-corrected chi connectivity index (χ3v) is 2.95. The lowest BCUT2D eigenvalue weighted by Gasteiger charge is -2.11. The highest BCUT2D eigenvalue weighted by molar-refractivity contribution is 5.68. The van der Waals surface area contributed by atoms with Gasteiger partial charge in [0.15, 0.2) is 5.65 Å². The van der Waals surface area contributed by atoms with Crippen molar-refractivity contribution in [3.05, 3.63) is 18.3 Å². The smallest absolute Gasteiger partial charge is 0.180 e. The molecule has 0 amide bonds. The van der Waals surface area contributed by atoms with E-state index in [-0.39, 0.29) is 0 Å². The summed E-state index contributed by atoms with van der Waals surface area (Å²) in [6.45, 7) is 1.70. The first kappa shape index (κ1) is 10.6. The van der Waals surface area contributed by atoms with Crippen molar-refractivity contribution in [3.63, 3.8) is 0 Å². The molecule has 90 valence electrons. The van der Waals surface area contributed by atoms with E-state index in [9.17, 15) is 10.2 Å². The number of nitrogens with zero attached hydrogens (tertiary/aromatic N) is 3. The monoisotopic (exact) mass is 236 g/mol. The van der Waals surface area contributed by atoms with Crippen LogP contribution in [0.25, 0.3) is 11.2 Å². The van der Waals surface area contributed by atoms with Gasteiger partial charge in [0.1, 0.15) is 36.0 Å². The normalized spacial score (nSPS) is 33.4. The van der Waals surface area contributed by atoms with Gasteiger partial charge in [-0.2, -0.15) is 0 Å². The van der Waals surface area contributed by atoms with Gasteiger partial charge in [0.2, 0.25) is 0 Å². The van der Waals surface area contributed by atoms with Gasteiger partial charge in [-0.1, -0.05) is 0 Å². The Labute approximate surface area is 96.5 Å². The third-order valence-electron chi connectivity index (χ3n) is 2.95. The molecule has 1 unspecified atom stereocenters. The van der Waals surface area contributed by atoms with Crippen molar-refractivity contribution >= 4 is 11.2 Å². The van der Waals surface area contributed by atoms with Gasteiger partial charge in [0, 0.05) is 0 Å². The summed E-state index contributed by atoms with van der Waals surface area (Å²) in [5.74, 6) is 0.455. The van der Waals surface area contributed by atoms with Crippen molar-refractivity contribution in [3.8, 4) is 0 Å². The van der Waals surface area contributed by atoms with E-state index in [4.69, 9.17) is 4.74 Å². The number of fused-ring (bicyclic) bond motifs is 1. The van der Waals surface area contributed by atoms with Crippen LogP contribution in [0.3, 0.4) is 0 Å². The van der Waals surface area contributed by atoms with E-state index >= 15 is 0 Å². The van der Waals surface area contributed by atoms with Crippen molar-refractivity contribution in [1.29, 1.82) is 0 Å². The highest BCUT2D eigenvalue weighted by atomic mass is 16.5. The second-order valence-corrected chi connectivity index (χ2v) is 4.13. The van der Waals surface area contributed by atoms with Crippen LogP contribution in [0.5, 0.6) is 0 Å². The molecule has 1 aliphatic rings. The number of aliphatic hydroxyl groups is 2. The van der Waals surface area contributed by atoms with Crippen LogP contribution in [-0.4, -0.2) is 48.5 Å². The summed E-state index contributed by atoms with van der Waals surface area (Å²) in [7, 11) is 0. The van der Waals surface area contributed by atoms with Crippen LogP contribution in [0.2, 0.25) is 0 Å². The minimum atomic E-state index is -0.987. The quantitative estimate of drug-likeness (QED) is 0.618. The Morgan fingerprint density at radius 2 is 2.18 bits per heavy atom. The maximum Gasteiger partial charge on any atom is 0.180 e. The fraction of sp³-hybridized carbons (Fsp3) is 0.500. The SMILES string of the molecule is C[C@H]1OC(c2nc3ncncc3[nH]2)[C@H](O)[C@@H]1O. The van der Waals surface area contributed by atoms with Gasteiger partial charge < -0.3 is 19.9 Å². The third kappa shape index (κ3) is 1.59. The number of aliphatic hydroxyl groups excluding tert-OH is 2. The fourth-order valence-electron chi connectivity index (χ4n) is 1.99. The second-order valence-electron chi connectivity index (χ2n) is 4.13. The van der Waals surface area contributed by atoms with Crippen molar-refractivity contribution < 1.29 is 14.9 Å². The van der Waals surface area contributed by atoms with Crippen molar-refractivity contribution in [1.82, 2.24) is 19.9 Å². The molecule has 3 heterocycles. The van der Waals surface area contributed by atoms with Gasteiger partial charge in [0.05, 0.1) is 12.3 Å². The molecule has 1 saturated heterocycles. The molecule has 0 aliphatic carbocycles. The second kappa shape index (κ2) is 3.73. The molecule has 4 atom stereocenters. The minimum absolute atomic E-state index is 0.422. The first-order valence-electron chi connectivity index (χ1n) is 5.34. The van der Waals surface area contributed by atoms with E-state index in [1.165, 1.54) is 6.33 Å². The number of hydrogen-bond donors (Lipinski definition) is 3. The van der Waals surface area contributed by atoms with Gasteiger partial charge in [-0.15, -0.1) is 0 Å². The van der Waals surface area contributed by atoms with Crippen molar-refractivity contribution in [2.75, 3.05) is 0 Å². The number of rotatable bonds is 1. The highest BCUT2D eigenvalue weighted by Gasteiger charge is 2.42. The molecule has 0 radical (unpaired) electrons. The lowest BCUT2D eigenvalue weighted by atomic mass is 10.1. The number of imidazole rings is 1. The molecule has 1 aliphatic heterocycles. The van der Waals surface area contributed by atoms with E-state index < -0.39 is 24.4 Å². The molecule has 1 fully saturated rings. The Kier molecular flexibility index (Phi) is 2.32.